The SMILES string of the molecule is C=CCN1CCN(S(=O)(=O)c2ccc(C(C)C)cc2)CC1. The Morgan fingerprint density at radius 1 is 1.14 bits per heavy atom. The van der Waals surface area contributed by atoms with Crippen molar-refractivity contribution in [1.29, 1.82) is 0 Å². The van der Waals surface area contributed by atoms with Crippen LogP contribution in [0.25, 0.3) is 0 Å². The topological polar surface area (TPSA) is 40.6 Å². The Kier molecular flexibility index (Phi) is 5.19. The molecular weight excluding hydrogens is 284 g/mol. The molecule has 0 amide bonds. The predicted octanol–water partition coefficient (Wildman–Crippen LogP) is 2.30. The molecule has 0 unspecified atom stereocenters. The molecule has 1 aromatic carbocycles. The fourth-order valence-electron chi connectivity index (χ4n) is 2.51. The summed E-state index contributed by atoms with van der Waals surface area (Å²) >= 11 is 0. The van der Waals surface area contributed by atoms with Gasteiger partial charge in [0.05, 0.1) is 4.90 Å². The minimum absolute atomic E-state index is 0.393. The van der Waals surface area contributed by atoms with Crippen molar-refractivity contribution < 1.29 is 8.42 Å². The molecule has 1 aromatic rings. The lowest BCUT2D eigenvalue weighted by Gasteiger charge is -2.33. The second-order valence-electron chi connectivity index (χ2n) is 5.72. The van der Waals surface area contributed by atoms with Crippen LogP contribution in [-0.4, -0.2) is 50.3 Å². The molecule has 0 aromatic heterocycles. The zero-order valence-electron chi connectivity index (χ0n) is 12.8. The number of sulfonamides is 1. The van der Waals surface area contributed by atoms with E-state index in [1.54, 1.807) is 16.4 Å². The van der Waals surface area contributed by atoms with Crippen molar-refractivity contribution in [3.05, 3.63) is 42.5 Å². The van der Waals surface area contributed by atoms with E-state index in [2.05, 4.69) is 25.3 Å². The van der Waals surface area contributed by atoms with E-state index < -0.39 is 10.0 Å². The molecule has 0 radical (unpaired) electrons. The van der Waals surface area contributed by atoms with Crippen LogP contribution in [0.4, 0.5) is 0 Å². The molecule has 21 heavy (non-hydrogen) atoms. The minimum atomic E-state index is -3.36. The number of piperazine rings is 1. The van der Waals surface area contributed by atoms with Crippen LogP contribution in [0.15, 0.2) is 41.8 Å². The standard InChI is InChI=1S/C16H24N2O2S/c1-4-9-17-10-12-18(13-11-17)21(19,20)16-7-5-15(6-8-16)14(2)3/h4-8,14H,1,9-13H2,2-3H3. The highest BCUT2D eigenvalue weighted by atomic mass is 32.2. The van der Waals surface area contributed by atoms with Gasteiger partial charge in [0.15, 0.2) is 0 Å². The van der Waals surface area contributed by atoms with Crippen LogP contribution in [-0.2, 0) is 10.0 Å². The van der Waals surface area contributed by atoms with Crippen molar-refractivity contribution in [2.45, 2.75) is 24.7 Å². The quantitative estimate of drug-likeness (QED) is 0.784. The van der Waals surface area contributed by atoms with Gasteiger partial charge in [0.25, 0.3) is 0 Å². The summed E-state index contributed by atoms with van der Waals surface area (Å²) < 4.78 is 26.8. The number of benzene rings is 1. The van der Waals surface area contributed by atoms with Crippen LogP contribution in [0, 0.1) is 0 Å². The zero-order chi connectivity index (χ0) is 15.5. The van der Waals surface area contributed by atoms with Crippen LogP contribution in [0.2, 0.25) is 0 Å². The molecular formula is C16H24N2O2S. The maximum atomic E-state index is 12.6. The van der Waals surface area contributed by atoms with Gasteiger partial charge in [-0.2, -0.15) is 4.31 Å². The van der Waals surface area contributed by atoms with E-state index in [9.17, 15) is 8.42 Å². The maximum absolute atomic E-state index is 12.6. The molecule has 0 spiro atoms. The van der Waals surface area contributed by atoms with E-state index in [1.807, 2.05) is 18.2 Å². The van der Waals surface area contributed by atoms with Gasteiger partial charge in [0, 0.05) is 32.7 Å². The van der Waals surface area contributed by atoms with Crippen LogP contribution in [0.5, 0.6) is 0 Å². The highest BCUT2D eigenvalue weighted by Gasteiger charge is 2.27. The first-order valence-electron chi connectivity index (χ1n) is 7.38. The lowest BCUT2D eigenvalue weighted by atomic mass is 10.0. The Labute approximate surface area is 128 Å². The monoisotopic (exact) mass is 308 g/mol. The summed E-state index contributed by atoms with van der Waals surface area (Å²) in [4.78, 5) is 2.60. The van der Waals surface area contributed by atoms with Crippen molar-refractivity contribution in [3.8, 4) is 0 Å². The molecule has 0 N–H and O–H groups in total. The van der Waals surface area contributed by atoms with Crippen molar-refractivity contribution in [2.75, 3.05) is 32.7 Å². The summed E-state index contributed by atoms with van der Waals surface area (Å²) in [6, 6.07) is 7.26. The first-order valence-corrected chi connectivity index (χ1v) is 8.82. The maximum Gasteiger partial charge on any atom is 0.243 e. The molecule has 1 fully saturated rings. The van der Waals surface area contributed by atoms with Gasteiger partial charge in [-0.1, -0.05) is 32.1 Å². The van der Waals surface area contributed by atoms with Crippen LogP contribution >= 0.6 is 0 Å². The average molecular weight is 308 g/mol. The third-order valence-corrected chi connectivity index (χ3v) is 5.82. The highest BCUT2D eigenvalue weighted by molar-refractivity contribution is 7.89. The third-order valence-electron chi connectivity index (χ3n) is 3.90. The molecule has 0 atom stereocenters. The number of hydrogen-bond donors (Lipinski definition) is 0. The zero-order valence-corrected chi connectivity index (χ0v) is 13.6. The fourth-order valence-corrected chi connectivity index (χ4v) is 3.93. The van der Waals surface area contributed by atoms with Gasteiger partial charge < -0.3 is 0 Å². The van der Waals surface area contributed by atoms with Gasteiger partial charge >= 0.3 is 0 Å². The summed E-state index contributed by atoms with van der Waals surface area (Å²) in [5.41, 5.74) is 1.16. The molecule has 1 aliphatic rings. The van der Waals surface area contributed by atoms with Crippen LogP contribution in [0.1, 0.15) is 25.3 Å². The number of hydrogen-bond acceptors (Lipinski definition) is 3. The van der Waals surface area contributed by atoms with Gasteiger partial charge in [-0.3, -0.25) is 4.90 Å². The Morgan fingerprint density at radius 2 is 1.71 bits per heavy atom. The van der Waals surface area contributed by atoms with Crippen molar-refractivity contribution in [2.24, 2.45) is 0 Å². The van der Waals surface area contributed by atoms with Gasteiger partial charge in [-0.05, 0) is 23.6 Å². The summed E-state index contributed by atoms with van der Waals surface area (Å²) in [5.74, 6) is 0.407. The van der Waals surface area contributed by atoms with Crippen LogP contribution < -0.4 is 0 Å². The molecule has 1 saturated heterocycles. The predicted molar refractivity (Wildman–Crippen MR) is 85.9 cm³/mol. The molecule has 1 aliphatic heterocycles. The van der Waals surface area contributed by atoms with Gasteiger partial charge in [-0.15, -0.1) is 6.58 Å². The van der Waals surface area contributed by atoms with E-state index in [4.69, 9.17) is 0 Å². The van der Waals surface area contributed by atoms with Crippen molar-refractivity contribution in [3.63, 3.8) is 0 Å². The summed E-state index contributed by atoms with van der Waals surface area (Å²) in [5, 5.41) is 0. The third kappa shape index (κ3) is 3.73. The minimum Gasteiger partial charge on any atom is -0.297 e. The average Bonchev–Trinajstić information content (AvgIpc) is 2.48. The summed E-state index contributed by atoms with van der Waals surface area (Å²) in [6.07, 6.45) is 1.86. The molecule has 2 rings (SSSR count). The lowest BCUT2D eigenvalue weighted by molar-refractivity contribution is 0.204. The van der Waals surface area contributed by atoms with Crippen LogP contribution in [0.3, 0.4) is 0 Å². The second kappa shape index (κ2) is 6.73. The largest absolute Gasteiger partial charge is 0.297 e. The molecule has 116 valence electrons. The number of rotatable bonds is 5. The Balaban J connectivity index is 2.10. The van der Waals surface area contributed by atoms with Gasteiger partial charge in [0.2, 0.25) is 10.0 Å². The summed E-state index contributed by atoms with van der Waals surface area (Å²) in [7, 11) is -3.36. The Morgan fingerprint density at radius 3 is 2.19 bits per heavy atom. The molecule has 0 bridgehead atoms. The first-order chi connectivity index (χ1) is 9.95. The van der Waals surface area contributed by atoms with Crippen molar-refractivity contribution >= 4 is 10.0 Å². The van der Waals surface area contributed by atoms with E-state index in [-0.39, 0.29) is 0 Å². The lowest BCUT2D eigenvalue weighted by Crippen LogP contribution is -2.48. The summed E-state index contributed by atoms with van der Waals surface area (Å²) in [6.45, 7) is 11.3. The van der Waals surface area contributed by atoms with Crippen molar-refractivity contribution in [1.82, 2.24) is 9.21 Å². The van der Waals surface area contributed by atoms with Gasteiger partial charge in [-0.25, -0.2) is 8.42 Å². The van der Waals surface area contributed by atoms with Gasteiger partial charge in [0.1, 0.15) is 0 Å². The molecule has 0 aliphatic carbocycles. The normalized spacial score (nSPS) is 18.0. The Hall–Kier alpha value is -1.17. The second-order valence-corrected chi connectivity index (χ2v) is 7.66. The molecule has 5 heteroatoms. The highest BCUT2D eigenvalue weighted by Crippen LogP contribution is 2.21. The van der Waals surface area contributed by atoms with E-state index >= 15 is 0 Å². The smallest absolute Gasteiger partial charge is 0.243 e. The first kappa shape index (κ1) is 16.2. The van der Waals surface area contributed by atoms with E-state index in [1.165, 1.54) is 0 Å². The van der Waals surface area contributed by atoms with E-state index in [0.29, 0.717) is 23.9 Å². The van der Waals surface area contributed by atoms with E-state index in [0.717, 1.165) is 25.2 Å². The number of nitrogens with zero attached hydrogens (tertiary/aromatic N) is 2. The Bertz CT molecular complexity index is 571. The fraction of sp³-hybridized carbons (Fsp3) is 0.500. The molecule has 1 heterocycles. The molecule has 4 nitrogen and oxygen atoms in total. The molecule has 0 saturated carbocycles.